The van der Waals surface area contributed by atoms with E-state index in [9.17, 15) is 12.8 Å². The van der Waals surface area contributed by atoms with Crippen LogP contribution in [0.15, 0.2) is 47.6 Å². The van der Waals surface area contributed by atoms with E-state index in [1.807, 2.05) is 0 Å². The second-order valence-corrected chi connectivity index (χ2v) is 6.03. The molecule has 21 heavy (non-hydrogen) atoms. The molecular formula is C14H12FN3O2S. The van der Waals surface area contributed by atoms with Gasteiger partial charge in [0.2, 0.25) is 10.0 Å². The van der Waals surface area contributed by atoms with Gasteiger partial charge in [0.05, 0.1) is 0 Å². The van der Waals surface area contributed by atoms with Gasteiger partial charge >= 0.3 is 0 Å². The Kier molecular flexibility index (Phi) is 4.31. The van der Waals surface area contributed by atoms with Crippen LogP contribution in [0.4, 0.5) is 4.39 Å². The molecule has 5 nitrogen and oxygen atoms in total. The largest absolute Gasteiger partial charge is 0.265 e. The fraction of sp³-hybridized carbons (Fsp3) is 0.143. The minimum atomic E-state index is -4.01. The standard InChI is InChI=1S/C14H12FN3O2S/c1-10(11-5-7-17-8-6-11)18-21(19,20)14-4-2-3-13(15)12(14)9-16/h2-8,10,18H,1H3. The summed E-state index contributed by atoms with van der Waals surface area (Å²) in [4.78, 5) is 3.48. The third-order valence-electron chi connectivity index (χ3n) is 2.91. The topological polar surface area (TPSA) is 82.9 Å². The molecule has 1 N–H and O–H groups in total. The Bertz CT molecular complexity index is 786. The second-order valence-electron chi connectivity index (χ2n) is 4.35. The average molecular weight is 305 g/mol. The van der Waals surface area contributed by atoms with E-state index in [-0.39, 0.29) is 4.90 Å². The average Bonchev–Trinajstić information content (AvgIpc) is 2.47. The number of aromatic nitrogens is 1. The van der Waals surface area contributed by atoms with E-state index >= 15 is 0 Å². The number of halogens is 1. The molecule has 1 aromatic heterocycles. The zero-order valence-electron chi connectivity index (χ0n) is 11.1. The van der Waals surface area contributed by atoms with Crippen LogP contribution in [-0.2, 0) is 10.0 Å². The van der Waals surface area contributed by atoms with Gasteiger partial charge in [-0.15, -0.1) is 0 Å². The van der Waals surface area contributed by atoms with E-state index in [0.29, 0.717) is 5.56 Å². The summed E-state index contributed by atoms with van der Waals surface area (Å²) in [6, 6.07) is 7.88. The van der Waals surface area contributed by atoms with Crippen molar-refractivity contribution in [1.29, 1.82) is 5.26 Å². The lowest BCUT2D eigenvalue weighted by molar-refractivity contribution is 0.563. The summed E-state index contributed by atoms with van der Waals surface area (Å²) in [5.41, 5.74) is 0.218. The minimum Gasteiger partial charge on any atom is -0.265 e. The lowest BCUT2D eigenvalue weighted by atomic mass is 10.1. The molecule has 7 heteroatoms. The van der Waals surface area contributed by atoms with Crippen molar-refractivity contribution >= 4 is 10.0 Å². The highest BCUT2D eigenvalue weighted by atomic mass is 32.2. The molecule has 0 amide bonds. The van der Waals surface area contributed by atoms with Crippen LogP contribution in [-0.4, -0.2) is 13.4 Å². The number of pyridine rings is 1. The molecule has 1 heterocycles. The lowest BCUT2D eigenvalue weighted by Gasteiger charge is -2.15. The molecule has 2 rings (SSSR count). The first-order valence-corrected chi connectivity index (χ1v) is 7.55. The molecule has 0 fully saturated rings. The number of benzene rings is 1. The molecule has 0 radical (unpaired) electrons. The molecule has 0 aliphatic heterocycles. The summed E-state index contributed by atoms with van der Waals surface area (Å²) in [5.74, 6) is -0.864. The van der Waals surface area contributed by atoms with E-state index in [4.69, 9.17) is 5.26 Å². The van der Waals surface area contributed by atoms with Crippen LogP contribution in [0.3, 0.4) is 0 Å². The predicted octanol–water partition coefficient (Wildman–Crippen LogP) is 2.13. The Hall–Kier alpha value is -2.30. The van der Waals surface area contributed by atoms with Crippen LogP contribution in [0.2, 0.25) is 0 Å². The van der Waals surface area contributed by atoms with Gasteiger partial charge in [-0.3, -0.25) is 4.98 Å². The van der Waals surface area contributed by atoms with Gasteiger partial charge in [0.25, 0.3) is 0 Å². The van der Waals surface area contributed by atoms with Gasteiger partial charge < -0.3 is 0 Å². The normalized spacial score (nSPS) is 12.6. The summed E-state index contributed by atoms with van der Waals surface area (Å²) >= 11 is 0. The van der Waals surface area contributed by atoms with E-state index in [1.54, 1.807) is 37.5 Å². The van der Waals surface area contributed by atoms with Crippen molar-refractivity contribution in [3.05, 3.63) is 59.7 Å². The number of nitrogens with one attached hydrogen (secondary N) is 1. The molecule has 0 aliphatic rings. The van der Waals surface area contributed by atoms with Crippen molar-refractivity contribution in [3.63, 3.8) is 0 Å². The van der Waals surface area contributed by atoms with Crippen molar-refractivity contribution in [2.45, 2.75) is 17.9 Å². The summed E-state index contributed by atoms with van der Waals surface area (Å²) in [5, 5.41) is 8.92. The summed E-state index contributed by atoms with van der Waals surface area (Å²) in [6.45, 7) is 1.65. The summed E-state index contributed by atoms with van der Waals surface area (Å²) in [6.07, 6.45) is 3.09. The van der Waals surface area contributed by atoms with Gasteiger partial charge in [-0.1, -0.05) is 6.07 Å². The maximum absolute atomic E-state index is 13.5. The molecule has 0 bridgehead atoms. The van der Waals surface area contributed by atoms with Gasteiger partial charge in [0.15, 0.2) is 0 Å². The fourth-order valence-corrected chi connectivity index (χ4v) is 3.25. The van der Waals surface area contributed by atoms with Gasteiger partial charge in [0, 0.05) is 18.4 Å². The zero-order valence-corrected chi connectivity index (χ0v) is 11.9. The molecule has 1 atom stereocenters. The number of hydrogen-bond acceptors (Lipinski definition) is 4. The van der Waals surface area contributed by atoms with Crippen LogP contribution < -0.4 is 4.72 Å². The molecule has 1 unspecified atom stereocenters. The Morgan fingerprint density at radius 3 is 2.57 bits per heavy atom. The lowest BCUT2D eigenvalue weighted by Crippen LogP contribution is -2.27. The highest BCUT2D eigenvalue weighted by molar-refractivity contribution is 7.89. The van der Waals surface area contributed by atoms with Crippen LogP contribution in [0.25, 0.3) is 0 Å². The van der Waals surface area contributed by atoms with E-state index in [2.05, 4.69) is 9.71 Å². The van der Waals surface area contributed by atoms with Crippen molar-refractivity contribution in [3.8, 4) is 6.07 Å². The van der Waals surface area contributed by atoms with Crippen molar-refractivity contribution in [1.82, 2.24) is 9.71 Å². The fourth-order valence-electron chi connectivity index (χ4n) is 1.85. The van der Waals surface area contributed by atoms with Crippen LogP contribution in [0, 0.1) is 17.1 Å². The first-order chi connectivity index (χ1) is 9.95. The molecule has 108 valence electrons. The number of nitrogens with zero attached hydrogens (tertiary/aromatic N) is 2. The quantitative estimate of drug-likeness (QED) is 0.938. The Morgan fingerprint density at radius 1 is 1.29 bits per heavy atom. The molecule has 0 aliphatic carbocycles. The van der Waals surface area contributed by atoms with Crippen molar-refractivity contribution < 1.29 is 12.8 Å². The molecular weight excluding hydrogens is 293 g/mol. The highest BCUT2D eigenvalue weighted by Crippen LogP contribution is 2.21. The van der Waals surface area contributed by atoms with Gasteiger partial charge in [-0.25, -0.2) is 17.5 Å². The van der Waals surface area contributed by atoms with Crippen molar-refractivity contribution in [2.24, 2.45) is 0 Å². The minimum absolute atomic E-state index is 0.370. The number of sulfonamides is 1. The monoisotopic (exact) mass is 305 g/mol. The highest BCUT2D eigenvalue weighted by Gasteiger charge is 2.23. The first kappa shape index (κ1) is 15.1. The van der Waals surface area contributed by atoms with Gasteiger partial charge in [-0.05, 0) is 36.8 Å². The molecule has 0 spiro atoms. The van der Waals surface area contributed by atoms with E-state index in [0.717, 1.165) is 6.07 Å². The van der Waals surface area contributed by atoms with Crippen LogP contribution in [0.5, 0.6) is 0 Å². The molecule has 2 aromatic rings. The smallest absolute Gasteiger partial charge is 0.242 e. The van der Waals surface area contributed by atoms with E-state index in [1.165, 1.54) is 12.1 Å². The zero-order chi connectivity index (χ0) is 15.5. The third-order valence-corrected chi connectivity index (χ3v) is 4.50. The Morgan fingerprint density at radius 2 is 1.95 bits per heavy atom. The maximum Gasteiger partial charge on any atom is 0.242 e. The van der Waals surface area contributed by atoms with Crippen LogP contribution in [0.1, 0.15) is 24.1 Å². The summed E-state index contributed by atoms with van der Waals surface area (Å²) in [7, 11) is -4.01. The maximum atomic E-state index is 13.5. The number of rotatable bonds is 4. The Labute approximate surface area is 122 Å². The van der Waals surface area contributed by atoms with Gasteiger partial charge in [-0.2, -0.15) is 5.26 Å². The number of hydrogen-bond donors (Lipinski definition) is 1. The summed E-state index contributed by atoms with van der Waals surface area (Å²) < 4.78 is 40.5. The predicted molar refractivity (Wildman–Crippen MR) is 74.1 cm³/mol. The SMILES string of the molecule is CC(NS(=O)(=O)c1cccc(F)c1C#N)c1ccncc1. The molecule has 1 aromatic carbocycles. The van der Waals surface area contributed by atoms with Crippen molar-refractivity contribution in [2.75, 3.05) is 0 Å². The van der Waals surface area contributed by atoms with Gasteiger partial charge in [0.1, 0.15) is 22.3 Å². The van der Waals surface area contributed by atoms with Crippen LogP contribution >= 0.6 is 0 Å². The molecule has 0 saturated carbocycles. The van der Waals surface area contributed by atoms with E-state index < -0.39 is 27.4 Å². The third kappa shape index (κ3) is 3.24. The first-order valence-electron chi connectivity index (χ1n) is 6.06. The second kappa shape index (κ2) is 5.99. The molecule has 0 saturated heterocycles. The number of nitriles is 1. The Balaban J connectivity index is 2.36.